The fraction of sp³-hybridized carbons (Fsp3) is 0.286. The molecule has 0 bridgehead atoms. The molecule has 0 saturated carbocycles. The predicted molar refractivity (Wildman–Crippen MR) is 105 cm³/mol. The lowest BCUT2D eigenvalue weighted by molar-refractivity contribution is 0.0648. The molecule has 0 aliphatic carbocycles. The minimum Gasteiger partial charge on any atom is -0.478 e. The summed E-state index contributed by atoms with van der Waals surface area (Å²) in [5, 5.41) is 29.2. The minimum absolute atomic E-state index is 0.0810. The number of allylic oxidation sites excluding steroid dienone is 3. The Morgan fingerprint density at radius 1 is 0.593 bits per heavy atom. The van der Waals surface area contributed by atoms with Gasteiger partial charge in [-0.3, -0.25) is 0 Å². The maximum Gasteiger partial charge on any atom is 0.337 e. The van der Waals surface area contributed by atoms with E-state index in [0.717, 1.165) is 0 Å². The first-order chi connectivity index (χ1) is 12.8. The molecule has 6 heteroatoms. The Hall–Kier alpha value is -3.15. The third-order valence-electron chi connectivity index (χ3n) is 3.82. The van der Waals surface area contributed by atoms with Crippen molar-refractivity contribution in [3.8, 4) is 0 Å². The summed E-state index contributed by atoms with van der Waals surface area (Å²) in [4.78, 5) is 35.9. The van der Waals surface area contributed by atoms with Crippen LogP contribution in [0, 0.1) is 0 Å². The number of benzene rings is 1. The molecular formula is C21H24O6. The van der Waals surface area contributed by atoms with Gasteiger partial charge >= 0.3 is 17.9 Å². The molecule has 1 rings (SSSR count). The molecule has 0 fully saturated rings. The van der Waals surface area contributed by atoms with Crippen LogP contribution in [0.15, 0.2) is 18.2 Å². The van der Waals surface area contributed by atoms with Crippen molar-refractivity contribution >= 4 is 36.1 Å². The second-order valence-corrected chi connectivity index (χ2v) is 5.71. The van der Waals surface area contributed by atoms with Crippen LogP contribution in [0.25, 0.3) is 18.2 Å². The molecule has 0 aliphatic rings. The molecule has 0 amide bonds. The number of carbonyl (C=O) groups is 3. The summed E-state index contributed by atoms with van der Waals surface area (Å²) in [5.41, 5.74) is -0.997. The van der Waals surface area contributed by atoms with Crippen molar-refractivity contribution in [2.75, 3.05) is 0 Å². The van der Waals surface area contributed by atoms with Gasteiger partial charge in [0.25, 0.3) is 0 Å². The zero-order chi connectivity index (χ0) is 20.6. The van der Waals surface area contributed by atoms with Crippen molar-refractivity contribution in [3.05, 3.63) is 51.6 Å². The summed E-state index contributed by atoms with van der Waals surface area (Å²) in [6.07, 6.45) is 11.1. The van der Waals surface area contributed by atoms with Gasteiger partial charge in [-0.25, -0.2) is 14.4 Å². The van der Waals surface area contributed by atoms with Crippen molar-refractivity contribution in [3.63, 3.8) is 0 Å². The second kappa shape index (κ2) is 10.1. The Kier molecular flexibility index (Phi) is 8.20. The number of aromatic carboxylic acids is 3. The second-order valence-electron chi connectivity index (χ2n) is 5.71. The summed E-state index contributed by atoms with van der Waals surface area (Å²) in [6.45, 7) is 5.51. The van der Waals surface area contributed by atoms with E-state index in [-0.39, 0.29) is 22.3 Å². The molecule has 1 aromatic rings. The highest BCUT2D eigenvalue weighted by Gasteiger charge is 2.30. The van der Waals surface area contributed by atoms with Crippen LogP contribution in [0.5, 0.6) is 0 Å². The lowest BCUT2D eigenvalue weighted by Crippen LogP contribution is -2.18. The fourth-order valence-corrected chi connectivity index (χ4v) is 2.70. The molecule has 0 radical (unpaired) electrons. The van der Waals surface area contributed by atoms with Gasteiger partial charge < -0.3 is 15.3 Å². The van der Waals surface area contributed by atoms with Crippen molar-refractivity contribution < 1.29 is 29.7 Å². The number of hydrogen-bond acceptors (Lipinski definition) is 3. The average Bonchev–Trinajstić information content (AvgIpc) is 2.61. The van der Waals surface area contributed by atoms with Gasteiger partial charge in [0.15, 0.2) is 0 Å². The summed E-state index contributed by atoms with van der Waals surface area (Å²) in [6, 6.07) is 0. The molecule has 3 N–H and O–H groups in total. The summed E-state index contributed by atoms with van der Waals surface area (Å²) in [7, 11) is 0. The first-order valence-corrected chi connectivity index (χ1v) is 8.75. The van der Waals surface area contributed by atoms with E-state index in [4.69, 9.17) is 0 Å². The SMILES string of the molecule is CCC=Cc1c(C=CCC)c(C(=O)O)c(C(=O)O)c(C=CCC)c1C(=O)O. The van der Waals surface area contributed by atoms with Crippen LogP contribution in [0.2, 0.25) is 0 Å². The Morgan fingerprint density at radius 2 is 0.889 bits per heavy atom. The zero-order valence-corrected chi connectivity index (χ0v) is 15.7. The molecular weight excluding hydrogens is 348 g/mol. The Morgan fingerprint density at radius 3 is 1.22 bits per heavy atom. The van der Waals surface area contributed by atoms with E-state index in [9.17, 15) is 29.7 Å². The topological polar surface area (TPSA) is 112 Å². The first kappa shape index (κ1) is 21.9. The highest BCUT2D eigenvalue weighted by Crippen LogP contribution is 2.33. The number of rotatable bonds is 9. The molecule has 27 heavy (non-hydrogen) atoms. The Balaban J connectivity index is 4.29. The molecule has 0 atom stereocenters. The molecule has 0 saturated heterocycles. The molecule has 1 aromatic carbocycles. The number of carboxylic acids is 3. The van der Waals surface area contributed by atoms with Crippen LogP contribution in [0.1, 0.15) is 87.8 Å². The van der Waals surface area contributed by atoms with Crippen LogP contribution in [-0.4, -0.2) is 33.2 Å². The van der Waals surface area contributed by atoms with Crippen molar-refractivity contribution in [2.45, 2.75) is 40.0 Å². The van der Waals surface area contributed by atoms with Crippen LogP contribution >= 0.6 is 0 Å². The van der Waals surface area contributed by atoms with E-state index in [1.54, 1.807) is 24.3 Å². The van der Waals surface area contributed by atoms with Gasteiger partial charge in [-0.15, -0.1) is 0 Å². The van der Waals surface area contributed by atoms with E-state index >= 15 is 0 Å². The highest BCUT2D eigenvalue weighted by atomic mass is 16.4. The smallest absolute Gasteiger partial charge is 0.337 e. The molecule has 0 heterocycles. The van der Waals surface area contributed by atoms with E-state index in [2.05, 4.69) is 0 Å². The zero-order valence-electron chi connectivity index (χ0n) is 15.7. The third kappa shape index (κ3) is 4.94. The van der Waals surface area contributed by atoms with Gasteiger partial charge in [-0.2, -0.15) is 0 Å². The molecule has 0 aromatic heterocycles. The van der Waals surface area contributed by atoms with Gasteiger partial charge in [0.05, 0.1) is 16.7 Å². The van der Waals surface area contributed by atoms with Crippen LogP contribution in [0.4, 0.5) is 0 Å². The number of hydrogen-bond donors (Lipinski definition) is 3. The van der Waals surface area contributed by atoms with Gasteiger partial charge in [-0.1, -0.05) is 57.2 Å². The van der Waals surface area contributed by atoms with Crippen LogP contribution in [0.3, 0.4) is 0 Å². The molecule has 0 unspecified atom stereocenters. The van der Waals surface area contributed by atoms with Gasteiger partial charge in [0.2, 0.25) is 0 Å². The number of carboxylic acid groups (broad SMARTS) is 3. The van der Waals surface area contributed by atoms with Crippen molar-refractivity contribution in [1.29, 1.82) is 0 Å². The van der Waals surface area contributed by atoms with Crippen molar-refractivity contribution in [1.82, 2.24) is 0 Å². The Labute approximate surface area is 158 Å². The predicted octanol–water partition coefficient (Wildman–Crippen LogP) is 5.05. The third-order valence-corrected chi connectivity index (χ3v) is 3.82. The standard InChI is InChI=1S/C21H24O6/c1-4-7-10-13-14(11-8-5-2)17(20(24)25)18(21(26)27)15(12-9-6-3)16(13)19(22)23/h7-12H,4-6H2,1-3H3,(H,22,23)(H,24,25)(H,26,27). The fourth-order valence-electron chi connectivity index (χ4n) is 2.70. The van der Waals surface area contributed by atoms with E-state index in [0.29, 0.717) is 19.3 Å². The molecule has 6 nitrogen and oxygen atoms in total. The molecule has 0 spiro atoms. The van der Waals surface area contributed by atoms with Crippen LogP contribution in [-0.2, 0) is 0 Å². The van der Waals surface area contributed by atoms with Crippen LogP contribution < -0.4 is 0 Å². The van der Waals surface area contributed by atoms with Gasteiger partial charge in [0, 0.05) is 5.56 Å². The maximum atomic E-state index is 12.0. The maximum absolute atomic E-state index is 12.0. The molecule has 144 valence electrons. The normalized spacial score (nSPS) is 11.7. The van der Waals surface area contributed by atoms with E-state index in [1.807, 2.05) is 20.8 Å². The quantitative estimate of drug-likeness (QED) is 0.559. The van der Waals surface area contributed by atoms with Gasteiger partial charge in [-0.05, 0) is 30.4 Å². The van der Waals surface area contributed by atoms with E-state index < -0.39 is 29.0 Å². The summed E-state index contributed by atoms with van der Waals surface area (Å²) in [5.74, 6) is -4.22. The highest BCUT2D eigenvalue weighted by molar-refractivity contribution is 6.12. The molecule has 0 aliphatic heterocycles. The monoisotopic (exact) mass is 372 g/mol. The lowest BCUT2D eigenvalue weighted by Gasteiger charge is -2.17. The first-order valence-electron chi connectivity index (χ1n) is 8.75. The summed E-state index contributed by atoms with van der Waals surface area (Å²) >= 11 is 0. The minimum atomic E-state index is -1.48. The largest absolute Gasteiger partial charge is 0.478 e. The summed E-state index contributed by atoms with van der Waals surface area (Å²) < 4.78 is 0. The van der Waals surface area contributed by atoms with Gasteiger partial charge in [0.1, 0.15) is 0 Å². The van der Waals surface area contributed by atoms with E-state index in [1.165, 1.54) is 12.2 Å². The average molecular weight is 372 g/mol. The lowest BCUT2D eigenvalue weighted by atomic mass is 9.85. The Bertz CT molecular complexity index is 828. The van der Waals surface area contributed by atoms with Crippen molar-refractivity contribution in [2.24, 2.45) is 0 Å².